The van der Waals surface area contributed by atoms with Gasteiger partial charge < -0.3 is 5.11 Å². The zero-order valence-corrected chi connectivity index (χ0v) is 11.6. The number of carboxylic acids is 1. The predicted octanol–water partition coefficient (Wildman–Crippen LogP) is 1.89. The normalized spacial score (nSPS) is 22.1. The predicted molar refractivity (Wildman–Crippen MR) is 69.6 cm³/mol. The van der Waals surface area contributed by atoms with Crippen molar-refractivity contribution >= 4 is 17.7 Å². The molecule has 0 aromatic carbocycles. The van der Waals surface area contributed by atoms with Crippen LogP contribution in [0.1, 0.15) is 39.0 Å². The smallest absolute Gasteiger partial charge is 0.346 e. The summed E-state index contributed by atoms with van der Waals surface area (Å²) in [6.07, 6.45) is 2.65. The molecule has 1 fully saturated rings. The first-order valence-electron chi connectivity index (χ1n) is 6.68. The molecule has 0 spiro atoms. The highest BCUT2D eigenvalue weighted by molar-refractivity contribution is 5.94. The number of carboxylic acid groups (broad SMARTS) is 1. The minimum absolute atomic E-state index is 0.0537. The molecule has 0 radical (unpaired) electrons. The SMILES string of the molecule is C=C(C)C(=O)CCOOC(=O)C1CCCCC1C(=O)O. The average Bonchev–Trinajstić information content (AvgIpc) is 2.42. The molecule has 2 unspecified atom stereocenters. The molecule has 112 valence electrons. The van der Waals surface area contributed by atoms with Crippen LogP contribution in [-0.4, -0.2) is 29.4 Å². The van der Waals surface area contributed by atoms with Gasteiger partial charge in [-0.1, -0.05) is 19.4 Å². The van der Waals surface area contributed by atoms with Gasteiger partial charge in [0.05, 0.1) is 11.8 Å². The summed E-state index contributed by atoms with van der Waals surface area (Å²) < 4.78 is 0. The lowest BCUT2D eigenvalue weighted by Crippen LogP contribution is -2.33. The van der Waals surface area contributed by atoms with E-state index >= 15 is 0 Å². The summed E-state index contributed by atoms with van der Waals surface area (Å²) in [6, 6.07) is 0. The number of hydrogen-bond donors (Lipinski definition) is 1. The molecule has 0 aromatic heterocycles. The summed E-state index contributed by atoms with van der Waals surface area (Å²) in [5, 5.41) is 9.06. The van der Waals surface area contributed by atoms with Gasteiger partial charge in [0.15, 0.2) is 5.78 Å². The fourth-order valence-corrected chi connectivity index (χ4v) is 2.22. The lowest BCUT2D eigenvalue weighted by Gasteiger charge is -2.25. The van der Waals surface area contributed by atoms with Gasteiger partial charge >= 0.3 is 11.9 Å². The second kappa shape index (κ2) is 7.79. The molecule has 1 saturated carbocycles. The van der Waals surface area contributed by atoms with E-state index in [4.69, 9.17) is 9.99 Å². The number of Topliss-reactive ketones (excluding diaryl/α,β-unsaturated/α-hetero) is 1. The Kier molecular flexibility index (Phi) is 6.38. The first kappa shape index (κ1) is 16.4. The van der Waals surface area contributed by atoms with Crippen LogP contribution in [0, 0.1) is 11.8 Å². The van der Waals surface area contributed by atoms with Crippen molar-refractivity contribution in [1.82, 2.24) is 0 Å². The number of carbonyl (C=O) groups is 3. The highest BCUT2D eigenvalue weighted by Gasteiger charge is 2.37. The van der Waals surface area contributed by atoms with Gasteiger partial charge in [0.25, 0.3) is 0 Å². The molecule has 0 saturated heterocycles. The van der Waals surface area contributed by atoms with Gasteiger partial charge in [0, 0.05) is 6.42 Å². The quantitative estimate of drug-likeness (QED) is 0.332. The molecule has 0 aliphatic heterocycles. The third kappa shape index (κ3) is 4.77. The van der Waals surface area contributed by atoms with Gasteiger partial charge in [0.2, 0.25) is 0 Å². The van der Waals surface area contributed by atoms with Gasteiger partial charge in [-0.25, -0.2) is 4.79 Å². The average molecular weight is 284 g/mol. The highest BCUT2D eigenvalue weighted by Crippen LogP contribution is 2.31. The van der Waals surface area contributed by atoms with Crippen LogP contribution in [0.25, 0.3) is 0 Å². The van der Waals surface area contributed by atoms with E-state index in [-0.39, 0.29) is 18.8 Å². The van der Waals surface area contributed by atoms with Gasteiger partial charge in [-0.3, -0.25) is 14.5 Å². The standard InChI is InChI=1S/C14H20O6/c1-9(2)12(15)7-8-19-20-14(18)11-6-4-3-5-10(11)13(16)17/h10-11H,1,3-8H2,2H3,(H,16,17). The number of hydrogen-bond acceptors (Lipinski definition) is 5. The largest absolute Gasteiger partial charge is 0.481 e. The summed E-state index contributed by atoms with van der Waals surface area (Å²) in [6.45, 7) is 5.03. The lowest BCUT2D eigenvalue weighted by molar-refractivity contribution is -0.277. The highest BCUT2D eigenvalue weighted by atomic mass is 17.2. The van der Waals surface area contributed by atoms with Crippen molar-refractivity contribution in [2.24, 2.45) is 11.8 Å². The molecule has 6 heteroatoms. The van der Waals surface area contributed by atoms with Crippen LogP contribution < -0.4 is 0 Å². The van der Waals surface area contributed by atoms with Crippen LogP contribution in [0.5, 0.6) is 0 Å². The second-order valence-corrected chi connectivity index (χ2v) is 5.01. The Morgan fingerprint density at radius 1 is 1.20 bits per heavy atom. The summed E-state index contributed by atoms with van der Waals surface area (Å²) in [5.74, 6) is -3.19. The van der Waals surface area contributed by atoms with E-state index in [1.54, 1.807) is 6.92 Å². The number of aliphatic carboxylic acids is 1. The summed E-state index contributed by atoms with van der Waals surface area (Å²) in [4.78, 5) is 43.4. The van der Waals surface area contributed by atoms with Crippen LogP contribution in [0.4, 0.5) is 0 Å². The summed E-state index contributed by atoms with van der Waals surface area (Å²) in [5.41, 5.74) is 0.415. The van der Waals surface area contributed by atoms with Gasteiger partial charge in [0.1, 0.15) is 6.61 Å². The van der Waals surface area contributed by atoms with Crippen LogP contribution in [0.3, 0.4) is 0 Å². The topological polar surface area (TPSA) is 89.9 Å². The molecule has 1 rings (SSSR count). The minimum atomic E-state index is -0.982. The first-order valence-corrected chi connectivity index (χ1v) is 6.68. The fourth-order valence-electron chi connectivity index (χ4n) is 2.22. The van der Waals surface area contributed by atoms with E-state index in [0.717, 1.165) is 12.8 Å². The Hall–Kier alpha value is -1.69. The Balaban J connectivity index is 2.36. The molecule has 0 aromatic rings. The van der Waals surface area contributed by atoms with Crippen LogP contribution in [0.2, 0.25) is 0 Å². The maximum atomic E-state index is 11.8. The molecule has 20 heavy (non-hydrogen) atoms. The molecule has 0 amide bonds. The molecular weight excluding hydrogens is 264 g/mol. The van der Waals surface area contributed by atoms with Crippen molar-refractivity contribution in [3.05, 3.63) is 12.2 Å². The molecule has 1 aliphatic rings. The molecule has 0 heterocycles. The van der Waals surface area contributed by atoms with Crippen molar-refractivity contribution in [3.63, 3.8) is 0 Å². The van der Waals surface area contributed by atoms with Crippen molar-refractivity contribution in [2.75, 3.05) is 6.61 Å². The van der Waals surface area contributed by atoms with Crippen molar-refractivity contribution in [3.8, 4) is 0 Å². The third-order valence-electron chi connectivity index (χ3n) is 3.42. The Morgan fingerprint density at radius 3 is 2.35 bits per heavy atom. The maximum Gasteiger partial charge on any atom is 0.346 e. The van der Waals surface area contributed by atoms with E-state index in [1.807, 2.05) is 0 Å². The number of carbonyl (C=O) groups excluding carboxylic acids is 2. The van der Waals surface area contributed by atoms with E-state index < -0.39 is 23.8 Å². The van der Waals surface area contributed by atoms with Crippen molar-refractivity contribution < 1.29 is 29.3 Å². The van der Waals surface area contributed by atoms with E-state index in [2.05, 4.69) is 11.5 Å². The van der Waals surface area contributed by atoms with Crippen LogP contribution >= 0.6 is 0 Å². The molecule has 0 bridgehead atoms. The molecule has 2 atom stereocenters. The van der Waals surface area contributed by atoms with Gasteiger partial charge in [-0.05, 0) is 25.3 Å². The summed E-state index contributed by atoms with van der Waals surface area (Å²) in [7, 11) is 0. The van der Waals surface area contributed by atoms with E-state index in [0.29, 0.717) is 18.4 Å². The number of allylic oxidation sites excluding steroid dienone is 1. The maximum absolute atomic E-state index is 11.8. The van der Waals surface area contributed by atoms with Crippen molar-refractivity contribution in [1.29, 1.82) is 0 Å². The summed E-state index contributed by atoms with van der Waals surface area (Å²) >= 11 is 0. The molecule has 1 N–H and O–H groups in total. The second-order valence-electron chi connectivity index (χ2n) is 5.01. The van der Waals surface area contributed by atoms with Gasteiger partial charge in [-0.2, -0.15) is 4.89 Å². The minimum Gasteiger partial charge on any atom is -0.481 e. The number of ketones is 1. The van der Waals surface area contributed by atoms with E-state index in [9.17, 15) is 14.4 Å². The molecule has 6 nitrogen and oxygen atoms in total. The molecule has 1 aliphatic carbocycles. The zero-order chi connectivity index (χ0) is 15.1. The van der Waals surface area contributed by atoms with Crippen LogP contribution in [-0.2, 0) is 24.2 Å². The molecular formula is C14H20O6. The third-order valence-corrected chi connectivity index (χ3v) is 3.42. The number of rotatable bonds is 7. The lowest BCUT2D eigenvalue weighted by atomic mass is 9.79. The zero-order valence-electron chi connectivity index (χ0n) is 11.6. The first-order chi connectivity index (χ1) is 9.43. The van der Waals surface area contributed by atoms with Gasteiger partial charge in [-0.15, -0.1) is 0 Å². The Labute approximate surface area is 117 Å². The Bertz CT molecular complexity index is 400. The van der Waals surface area contributed by atoms with Crippen LogP contribution in [0.15, 0.2) is 12.2 Å². The Morgan fingerprint density at radius 2 is 1.80 bits per heavy atom. The monoisotopic (exact) mass is 284 g/mol. The fraction of sp³-hybridized carbons (Fsp3) is 0.643. The van der Waals surface area contributed by atoms with Crippen molar-refractivity contribution in [2.45, 2.75) is 39.0 Å². The van der Waals surface area contributed by atoms with E-state index in [1.165, 1.54) is 0 Å².